The van der Waals surface area contributed by atoms with Gasteiger partial charge < -0.3 is 0 Å². The van der Waals surface area contributed by atoms with Crippen LogP contribution >= 0.6 is 22.9 Å². The number of nitrogens with zero attached hydrogens (tertiary/aromatic N) is 1. The molecular weight excluding hydrogens is 268 g/mol. The van der Waals surface area contributed by atoms with Gasteiger partial charge in [-0.15, -0.1) is 11.3 Å². The van der Waals surface area contributed by atoms with E-state index in [1.807, 2.05) is 19.1 Å². The summed E-state index contributed by atoms with van der Waals surface area (Å²) >= 11 is 7.29. The summed E-state index contributed by atoms with van der Waals surface area (Å²) in [6, 6.07) is 7.30. The molecule has 0 fully saturated rings. The first-order chi connectivity index (χ1) is 8.63. The van der Waals surface area contributed by atoms with Crippen LogP contribution in [0.5, 0.6) is 0 Å². The van der Waals surface area contributed by atoms with E-state index in [0.717, 1.165) is 10.4 Å². The molecule has 0 aliphatic heterocycles. The Hall–Kier alpha value is -1.65. The molecule has 18 heavy (non-hydrogen) atoms. The van der Waals surface area contributed by atoms with Crippen LogP contribution in [0.1, 0.15) is 10.4 Å². The molecular formula is C13H11ClN2OS. The zero-order valence-corrected chi connectivity index (χ0v) is 11.3. The van der Waals surface area contributed by atoms with E-state index in [-0.39, 0.29) is 5.91 Å². The van der Waals surface area contributed by atoms with Crippen LogP contribution in [0.3, 0.4) is 0 Å². The number of aryl methyl sites for hydroxylation is 1. The van der Waals surface area contributed by atoms with Gasteiger partial charge in [-0.25, -0.2) is 4.98 Å². The zero-order valence-electron chi connectivity index (χ0n) is 9.68. The number of nitrogens with one attached hydrogen (secondary N) is 1. The molecule has 0 atom stereocenters. The second-order valence-corrected chi connectivity index (χ2v) is 5.32. The number of hydrogen-bond donors (Lipinski definition) is 1. The standard InChI is InChI=1S/C13H11ClN2OS/c1-9-8-15-13(18-9)16-12(17)6-5-10-3-2-4-11(14)7-10/h2-8H,1H3,(H,15,16,17). The Bertz CT molecular complexity index is 592. The number of rotatable bonds is 3. The van der Waals surface area contributed by atoms with E-state index in [9.17, 15) is 4.79 Å². The first kappa shape index (κ1) is 12.8. The van der Waals surface area contributed by atoms with Gasteiger partial charge in [0.25, 0.3) is 0 Å². The normalized spacial score (nSPS) is 10.8. The predicted octanol–water partition coefficient (Wildman–Crippen LogP) is 3.76. The molecule has 1 aromatic heterocycles. The van der Waals surface area contributed by atoms with Gasteiger partial charge in [-0.2, -0.15) is 0 Å². The first-order valence-electron chi connectivity index (χ1n) is 5.30. The first-order valence-corrected chi connectivity index (χ1v) is 6.50. The van der Waals surface area contributed by atoms with Gasteiger partial charge in [-0.1, -0.05) is 23.7 Å². The highest BCUT2D eigenvalue weighted by Gasteiger charge is 2.01. The van der Waals surface area contributed by atoms with E-state index >= 15 is 0 Å². The number of thiazole rings is 1. The van der Waals surface area contributed by atoms with Crippen molar-refractivity contribution in [3.8, 4) is 0 Å². The van der Waals surface area contributed by atoms with Gasteiger partial charge in [0.15, 0.2) is 5.13 Å². The molecule has 0 bridgehead atoms. The summed E-state index contributed by atoms with van der Waals surface area (Å²) in [6.45, 7) is 1.94. The average molecular weight is 279 g/mol. The maximum atomic E-state index is 11.6. The number of carbonyl (C=O) groups is 1. The highest BCUT2D eigenvalue weighted by Crippen LogP contribution is 2.16. The number of amides is 1. The van der Waals surface area contributed by atoms with Crippen molar-refractivity contribution in [1.82, 2.24) is 4.98 Å². The molecule has 0 unspecified atom stereocenters. The fourth-order valence-electron chi connectivity index (χ4n) is 1.34. The highest BCUT2D eigenvalue weighted by molar-refractivity contribution is 7.15. The van der Waals surface area contributed by atoms with Crippen LogP contribution in [-0.2, 0) is 4.79 Å². The van der Waals surface area contributed by atoms with E-state index in [4.69, 9.17) is 11.6 Å². The van der Waals surface area contributed by atoms with Crippen molar-refractivity contribution in [2.75, 3.05) is 5.32 Å². The molecule has 0 saturated heterocycles. The number of hydrogen-bond acceptors (Lipinski definition) is 3. The van der Waals surface area contributed by atoms with Gasteiger partial charge in [0, 0.05) is 22.2 Å². The monoisotopic (exact) mass is 278 g/mol. The Morgan fingerprint density at radius 1 is 1.50 bits per heavy atom. The molecule has 1 amide bonds. The van der Waals surface area contributed by atoms with Gasteiger partial charge in [0.1, 0.15) is 0 Å². The van der Waals surface area contributed by atoms with Crippen molar-refractivity contribution in [3.63, 3.8) is 0 Å². The van der Waals surface area contributed by atoms with E-state index in [2.05, 4.69) is 10.3 Å². The minimum atomic E-state index is -0.204. The van der Waals surface area contributed by atoms with Crippen molar-refractivity contribution in [1.29, 1.82) is 0 Å². The quantitative estimate of drug-likeness (QED) is 0.869. The number of halogens is 1. The molecule has 0 spiro atoms. The summed E-state index contributed by atoms with van der Waals surface area (Å²) in [5, 5.41) is 3.95. The minimum Gasteiger partial charge on any atom is -0.298 e. The fraction of sp³-hybridized carbons (Fsp3) is 0.0769. The molecule has 2 aromatic rings. The molecule has 1 aromatic carbocycles. The molecule has 0 saturated carbocycles. The summed E-state index contributed by atoms with van der Waals surface area (Å²) in [4.78, 5) is 16.7. The highest BCUT2D eigenvalue weighted by atomic mass is 35.5. The molecule has 3 nitrogen and oxygen atoms in total. The Kier molecular flexibility index (Phi) is 4.12. The van der Waals surface area contributed by atoms with Crippen molar-refractivity contribution in [3.05, 3.63) is 52.0 Å². The lowest BCUT2D eigenvalue weighted by atomic mass is 10.2. The van der Waals surface area contributed by atoms with Crippen molar-refractivity contribution < 1.29 is 4.79 Å². The summed E-state index contributed by atoms with van der Waals surface area (Å²) in [5.74, 6) is -0.204. The summed E-state index contributed by atoms with van der Waals surface area (Å²) < 4.78 is 0. The molecule has 0 aliphatic rings. The van der Waals surface area contributed by atoms with Crippen LogP contribution in [0, 0.1) is 6.92 Å². The smallest absolute Gasteiger partial charge is 0.250 e. The summed E-state index contributed by atoms with van der Waals surface area (Å²) in [7, 11) is 0. The van der Waals surface area contributed by atoms with Crippen LogP contribution in [0.2, 0.25) is 5.02 Å². The van der Waals surface area contributed by atoms with Gasteiger partial charge in [-0.3, -0.25) is 10.1 Å². The average Bonchev–Trinajstić information content (AvgIpc) is 2.72. The third kappa shape index (κ3) is 3.68. The fourth-order valence-corrected chi connectivity index (χ4v) is 2.21. The Labute approximate surface area is 114 Å². The summed E-state index contributed by atoms with van der Waals surface area (Å²) in [5.41, 5.74) is 0.882. The lowest BCUT2D eigenvalue weighted by Gasteiger charge is -1.96. The topological polar surface area (TPSA) is 42.0 Å². The molecule has 2 rings (SSSR count). The van der Waals surface area contributed by atoms with E-state index in [1.165, 1.54) is 17.4 Å². The van der Waals surface area contributed by atoms with E-state index in [0.29, 0.717) is 10.2 Å². The van der Waals surface area contributed by atoms with Crippen LogP contribution in [0.4, 0.5) is 5.13 Å². The predicted molar refractivity (Wildman–Crippen MR) is 76.0 cm³/mol. The second kappa shape index (κ2) is 5.80. The molecule has 92 valence electrons. The Morgan fingerprint density at radius 2 is 2.33 bits per heavy atom. The van der Waals surface area contributed by atoms with Crippen molar-refractivity contribution in [2.24, 2.45) is 0 Å². The van der Waals surface area contributed by atoms with E-state index in [1.54, 1.807) is 24.4 Å². The molecule has 0 radical (unpaired) electrons. The van der Waals surface area contributed by atoms with Crippen molar-refractivity contribution >= 4 is 40.1 Å². The Morgan fingerprint density at radius 3 is 3.00 bits per heavy atom. The maximum Gasteiger partial charge on any atom is 0.250 e. The second-order valence-electron chi connectivity index (χ2n) is 3.65. The van der Waals surface area contributed by atoms with Gasteiger partial charge in [0.05, 0.1) is 0 Å². The number of carbonyl (C=O) groups excluding carboxylic acids is 1. The van der Waals surface area contributed by atoms with Crippen LogP contribution in [0.15, 0.2) is 36.5 Å². The molecule has 0 aliphatic carbocycles. The largest absolute Gasteiger partial charge is 0.298 e. The molecule has 1 N–H and O–H groups in total. The lowest BCUT2D eigenvalue weighted by Crippen LogP contribution is -2.06. The Balaban J connectivity index is 1.99. The third-order valence-corrected chi connectivity index (χ3v) is 3.19. The summed E-state index contributed by atoms with van der Waals surface area (Å²) in [6.07, 6.45) is 4.89. The number of aromatic nitrogens is 1. The minimum absolute atomic E-state index is 0.204. The SMILES string of the molecule is Cc1cnc(NC(=O)C=Cc2cccc(Cl)c2)s1. The molecule has 1 heterocycles. The van der Waals surface area contributed by atoms with Crippen LogP contribution < -0.4 is 5.32 Å². The third-order valence-electron chi connectivity index (χ3n) is 2.13. The van der Waals surface area contributed by atoms with Gasteiger partial charge in [-0.05, 0) is 30.7 Å². The van der Waals surface area contributed by atoms with E-state index < -0.39 is 0 Å². The number of anilines is 1. The maximum absolute atomic E-state index is 11.6. The lowest BCUT2D eigenvalue weighted by molar-refractivity contribution is -0.111. The zero-order chi connectivity index (χ0) is 13.0. The van der Waals surface area contributed by atoms with Gasteiger partial charge >= 0.3 is 0 Å². The van der Waals surface area contributed by atoms with Crippen LogP contribution in [0.25, 0.3) is 6.08 Å². The van der Waals surface area contributed by atoms with Gasteiger partial charge in [0.2, 0.25) is 5.91 Å². The number of benzene rings is 1. The van der Waals surface area contributed by atoms with Crippen molar-refractivity contribution in [2.45, 2.75) is 6.92 Å². The molecule has 5 heteroatoms. The van der Waals surface area contributed by atoms with Crippen LogP contribution in [-0.4, -0.2) is 10.9 Å².